The van der Waals surface area contributed by atoms with E-state index in [-0.39, 0.29) is 11.5 Å². The van der Waals surface area contributed by atoms with Crippen molar-refractivity contribution < 1.29 is 14.3 Å². The van der Waals surface area contributed by atoms with Crippen LogP contribution in [0.15, 0.2) is 33.2 Å². The van der Waals surface area contributed by atoms with Crippen molar-refractivity contribution in [2.24, 2.45) is 5.92 Å². The molecular weight excluding hydrogens is 332 g/mol. The van der Waals surface area contributed by atoms with Crippen molar-refractivity contribution >= 4 is 26.9 Å². The molecule has 2 aliphatic rings. The summed E-state index contributed by atoms with van der Waals surface area (Å²) in [5, 5.41) is 11.8. The Bertz CT molecular complexity index is 659. The zero-order valence-corrected chi connectivity index (χ0v) is 13.4. The maximum absolute atomic E-state index is 10.7. The first kappa shape index (κ1) is 13.8. The lowest BCUT2D eigenvalue weighted by atomic mass is 9.70. The van der Waals surface area contributed by atoms with Crippen molar-refractivity contribution in [3.05, 3.63) is 34.5 Å². The molecule has 2 unspecified atom stereocenters. The van der Waals surface area contributed by atoms with Crippen LogP contribution in [0.5, 0.6) is 0 Å². The molecular formula is C17H19BrO3. The van der Waals surface area contributed by atoms with Gasteiger partial charge in [0.25, 0.3) is 0 Å². The van der Waals surface area contributed by atoms with Crippen molar-refractivity contribution in [2.45, 2.75) is 43.8 Å². The summed E-state index contributed by atoms with van der Waals surface area (Å²) in [5.41, 5.74) is 0.869. The van der Waals surface area contributed by atoms with Gasteiger partial charge in [-0.15, -0.1) is 0 Å². The third-order valence-electron chi connectivity index (χ3n) is 5.05. The number of hydrogen-bond donors (Lipinski definition) is 1. The molecule has 1 aromatic heterocycles. The topological polar surface area (TPSA) is 42.6 Å². The zero-order chi connectivity index (χ0) is 14.4. The lowest BCUT2D eigenvalue weighted by Crippen LogP contribution is -2.46. The van der Waals surface area contributed by atoms with Crippen LogP contribution in [0.1, 0.15) is 44.0 Å². The van der Waals surface area contributed by atoms with Crippen LogP contribution in [0, 0.1) is 5.92 Å². The maximum Gasteiger partial charge on any atom is 0.148 e. The van der Waals surface area contributed by atoms with Gasteiger partial charge < -0.3 is 14.3 Å². The number of aliphatic hydroxyl groups is 1. The first-order valence-corrected chi connectivity index (χ1v) is 8.46. The number of ether oxygens (including phenoxy) is 1. The van der Waals surface area contributed by atoms with E-state index in [0.717, 1.165) is 47.7 Å². The second-order valence-electron chi connectivity index (χ2n) is 6.39. The minimum atomic E-state index is -0.536. The molecule has 4 heteroatoms. The van der Waals surface area contributed by atoms with Crippen LogP contribution < -0.4 is 0 Å². The highest BCUT2D eigenvalue weighted by Crippen LogP contribution is 2.47. The van der Waals surface area contributed by atoms with Crippen LogP contribution in [0.4, 0.5) is 0 Å². The molecule has 0 bridgehead atoms. The number of hydrogen-bond acceptors (Lipinski definition) is 3. The largest absolute Gasteiger partial charge is 0.457 e. The summed E-state index contributed by atoms with van der Waals surface area (Å²) in [6.45, 7) is 0.756. The Morgan fingerprint density at radius 3 is 2.90 bits per heavy atom. The number of rotatable bonds is 2. The van der Waals surface area contributed by atoms with Gasteiger partial charge in [-0.3, -0.25) is 0 Å². The minimum Gasteiger partial charge on any atom is -0.457 e. The molecule has 2 atom stereocenters. The molecule has 1 saturated heterocycles. The number of furan rings is 1. The van der Waals surface area contributed by atoms with Crippen LogP contribution in [-0.4, -0.2) is 17.3 Å². The van der Waals surface area contributed by atoms with Crippen LogP contribution in [0.2, 0.25) is 0 Å². The molecule has 21 heavy (non-hydrogen) atoms. The average molecular weight is 351 g/mol. The van der Waals surface area contributed by atoms with Gasteiger partial charge in [-0.25, -0.2) is 0 Å². The Balaban J connectivity index is 1.60. The summed E-state index contributed by atoms with van der Waals surface area (Å²) in [7, 11) is 0. The Kier molecular flexibility index (Phi) is 3.36. The van der Waals surface area contributed by atoms with Crippen LogP contribution in [0.3, 0.4) is 0 Å². The van der Waals surface area contributed by atoms with Crippen LogP contribution >= 0.6 is 15.9 Å². The maximum atomic E-state index is 10.7. The normalized spacial score (nSPS) is 25.9. The Morgan fingerprint density at radius 2 is 2.19 bits per heavy atom. The third-order valence-corrected chi connectivity index (χ3v) is 5.67. The SMILES string of the molecule is OC(c1cc2cccc(Br)c2o1)C1CCOC2(CCC2)C1. The molecule has 1 saturated carbocycles. The molecule has 0 radical (unpaired) electrons. The van der Waals surface area contributed by atoms with E-state index >= 15 is 0 Å². The predicted molar refractivity (Wildman–Crippen MR) is 84.1 cm³/mol. The van der Waals surface area contributed by atoms with Crippen LogP contribution in [0.25, 0.3) is 11.0 Å². The van der Waals surface area contributed by atoms with E-state index in [2.05, 4.69) is 15.9 Å². The van der Waals surface area contributed by atoms with Crippen LogP contribution in [-0.2, 0) is 4.74 Å². The summed E-state index contributed by atoms with van der Waals surface area (Å²) in [4.78, 5) is 0. The van der Waals surface area contributed by atoms with Crippen molar-refractivity contribution in [2.75, 3.05) is 6.61 Å². The first-order chi connectivity index (χ1) is 10.2. The van der Waals surface area contributed by atoms with Gasteiger partial charge in [0.05, 0.1) is 10.1 Å². The number of fused-ring (bicyclic) bond motifs is 1. The van der Waals surface area contributed by atoms with Gasteiger partial charge in [0, 0.05) is 12.0 Å². The fraction of sp³-hybridized carbons (Fsp3) is 0.529. The van der Waals surface area contributed by atoms with Gasteiger partial charge in [0.1, 0.15) is 17.4 Å². The average Bonchev–Trinajstić information content (AvgIpc) is 2.90. The Labute approximate surface area is 132 Å². The van der Waals surface area contributed by atoms with Crippen molar-refractivity contribution in [1.29, 1.82) is 0 Å². The standard InChI is InChI=1S/C17H19BrO3/c18-13-4-1-3-11-9-14(21-16(11)13)15(19)12-5-8-20-17(10-12)6-2-7-17/h1,3-4,9,12,15,19H,2,5-8,10H2. The van der Waals surface area contributed by atoms with Gasteiger partial charge in [-0.05, 0) is 66.1 Å². The van der Waals surface area contributed by atoms with E-state index in [9.17, 15) is 5.11 Å². The Morgan fingerprint density at radius 1 is 1.33 bits per heavy atom. The molecule has 1 aliphatic carbocycles. The molecule has 2 heterocycles. The van der Waals surface area contributed by atoms with E-state index in [1.165, 1.54) is 6.42 Å². The summed E-state index contributed by atoms with van der Waals surface area (Å²) < 4.78 is 12.8. The van der Waals surface area contributed by atoms with Crippen molar-refractivity contribution in [1.82, 2.24) is 0 Å². The third kappa shape index (κ3) is 2.33. The molecule has 1 N–H and O–H groups in total. The van der Waals surface area contributed by atoms with Gasteiger partial charge in [0.2, 0.25) is 0 Å². The molecule has 1 spiro atoms. The van der Waals surface area contributed by atoms with Gasteiger partial charge in [-0.1, -0.05) is 12.1 Å². The summed E-state index contributed by atoms with van der Waals surface area (Å²) in [6, 6.07) is 7.92. The van der Waals surface area contributed by atoms with E-state index in [1.807, 2.05) is 24.3 Å². The quantitative estimate of drug-likeness (QED) is 0.861. The van der Waals surface area contributed by atoms with E-state index in [1.54, 1.807) is 0 Å². The van der Waals surface area contributed by atoms with Gasteiger partial charge >= 0.3 is 0 Å². The predicted octanol–water partition coefficient (Wildman–Crippen LogP) is 4.58. The van der Waals surface area contributed by atoms with Gasteiger partial charge in [-0.2, -0.15) is 0 Å². The van der Waals surface area contributed by atoms with Crippen molar-refractivity contribution in [3.63, 3.8) is 0 Å². The van der Waals surface area contributed by atoms with Crippen molar-refractivity contribution in [3.8, 4) is 0 Å². The molecule has 3 nitrogen and oxygen atoms in total. The highest BCUT2D eigenvalue weighted by molar-refractivity contribution is 9.10. The second kappa shape index (κ2) is 5.11. The number of para-hydroxylation sites is 1. The highest BCUT2D eigenvalue weighted by Gasteiger charge is 2.44. The van der Waals surface area contributed by atoms with Gasteiger partial charge in [0.15, 0.2) is 0 Å². The summed E-state index contributed by atoms with van der Waals surface area (Å²) in [6.07, 6.45) is 4.85. The minimum absolute atomic E-state index is 0.0521. The van der Waals surface area contributed by atoms with E-state index in [4.69, 9.17) is 9.15 Å². The molecule has 0 amide bonds. The molecule has 112 valence electrons. The number of benzene rings is 1. The fourth-order valence-corrected chi connectivity index (χ4v) is 4.14. The Hall–Kier alpha value is -0.840. The molecule has 4 rings (SSSR count). The molecule has 1 aromatic carbocycles. The monoisotopic (exact) mass is 350 g/mol. The zero-order valence-electron chi connectivity index (χ0n) is 11.8. The molecule has 2 fully saturated rings. The lowest BCUT2D eigenvalue weighted by Gasteiger charge is -2.47. The number of halogens is 1. The summed E-state index contributed by atoms with van der Waals surface area (Å²) in [5.74, 6) is 0.914. The first-order valence-electron chi connectivity index (χ1n) is 7.67. The molecule has 2 aromatic rings. The second-order valence-corrected chi connectivity index (χ2v) is 7.24. The summed E-state index contributed by atoms with van der Waals surface area (Å²) >= 11 is 3.50. The number of aliphatic hydroxyl groups excluding tert-OH is 1. The van der Waals surface area contributed by atoms with E-state index in [0.29, 0.717) is 5.76 Å². The highest BCUT2D eigenvalue weighted by atomic mass is 79.9. The molecule has 1 aliphatic heterocycles. The fourth-order valence-electron chi connectivity index (χ4n) is 3.68. The lowest BCUT2D eigenvalue weighted by molar-refractivity contribution is -0.158. The smallest absolute Gasteiger partial charge is 0.148 e. The van der Waals surface area contributed by atoms with E-state index < -0.39 is 6.10 Å².